The Balaban J connectivity index is 2.93. The number of rotatable bonds is 6. The maximum Gasteiger partial charge on any atom is 0.260 e. The molecule has 18 heavy (non-hydrogen) atoms. The highest BCUT2D eigenvalue weighted by molar-refractivity contribution is 7.89. The van der Waals surface area contributed by atoms with Crippen LogP contribution in [-0.4, -0.2) is 24.7 Å². The van der Waals surface area contributed by atoms with Gasteiger partial charge in [0.25, 0.3) is 10.0 Å². The van der Waals surface area contributed by atoms with Crippen LogP contribution < -0.4 is 10.5 Å². The average molecular weight is 274 g/mol. The maximum absolute atomic E-state index is 12.2. The molecule has 0 saturated heterocycles. The van der Waals surface area contributed by atoms with Crippen molar-refractivity contribution in [2.75, 3.05) is 0 Å². The van der Waals surface area contributed by atoms with Crippen LogP contribution >= 0.6 is 0 Å². The van der Waals surface area contributed by atoms with Crippen LogP contribution in [-0.2, 0) is 16.6 Å². The topological polar surface area (TPSA) is 101 Å². The van der Waals surface area contributed by atoms with Crippen LogP contribution in [0.15, 0.2) is 5.03 Å². The molecular formula is C11H22N4O2S. The fourth-order valence-corrected chi connectivity index (χ4v) is 3.43. The highest BCUT2D eigenvalue weighted by Gasteiger charge is 2.24. The molecule has 1 rings (SSSR count). The minimum Gasteiger partial charge on any atom is -0.326 e. The van der Waals surface area contributed by atoms with Crippen LogP contribution in [0.2, 0.25) is 0 Å². The second-order valence-corrected chi connectivity index (χ2v) is 6.62. The molecule has 1 heterocycles. The van der Waals surface area contributed by atoms with E-state index in [2.05, 4.69) is 28.8 Å². The monoisotopic (exact) mass is 274 g/mol. The van der Waals surface area contributed by atoms with Crippen molar-refractivity contribution in [3.8, 4) is 0 Å². The molecule has 0 fully saturated rings. The predicted octanol–water partition coefficient (Wildman–Crippen LogP) is 0.890. The molecule has 6 nitrogen and oxygen atoms in total. The molecule has 104 valence electrons. The Morgan fingerprint density at radius 1 is 1.39 bits per heavy atom. The van der Waals surface area contributed by atoms with Gasteiger partial charge in [0, 0.05) is 23.8 Å². The van der Waals surface area contributed by atoms with Gasteiger partial charge in [-0.25, -0.2) is 13.1 Å². The van der Waals surface area contributed by atoms with Crippen LogP contribution in [0.1, 0.15) is 38.4 Å². The minimum absolute atomic E-state index is 0.0121. The lowest BCUT2D eigenvalue weighted by atomic mass is 10.1. The summed E-state index contributed by atoms with van der Waals surface area (Å²) in [5.41, 5.74) is 6.78. The van der Waals surface area contributed by atoms with Gasteiger partial charge < -0.3 is 5.73 Å². The maximum atomic E-state index is 12.2. The van der Waals surface area contributed by atoms with Crippen molar-refractivity contribution in [1.82, 2.24) is 14.9 Å². The number of hydrogen-bond donors (Lipinski definition) is 3. The van der Waals surface area contributed by atoms with E-state index in [9.17, 15) is 8.42 Å². The van der Waals surface area contributed by atoms with E-state index in [0.717, 1.165) is 6.42 Å². The molecule has 0 aliphatic rings. The van der Waals surface area contributed by atoms with Crippen LogP contribution in [0, 0.1) is 12.8 Å². The number of nitrogens with zero attached hydrogens (tertiary/aromatic N) is 1. The molecule has 4 N–H and O–H groups in total. The third kappa shape index (κ3) is 3.54. The van der Waals surface area contributed by atoms with E-state index in [4.69, 9.17) is 5.73 Å². The molecule has 0 radical (unpaired) electrons. The Morgan fingerprint density at radius 2 is 2.00 bits per heavy atom. The molecule has 0 amide bonds. The molecule has 0 aromatic carbocycles. The van der Waals surface area contributed by atoms with Crippen LogP contribution in [0.5, 0.6) is 0 Å². The molecule has 1 atom stereocenters. The van der Waals surface area contributed by atoms with Crippen molar-refractivity contribution in [3.63, 3.8) is 0 Å². The summed E-state index contributed by atoms with van der Waals surface area (Å²) >= 11 is 0. The summed E-state index contributed by atoms with van der Waals surface area (Å²) in [6, 6.07) is -0.127. The molecule has 0 aliphatic heterocycles. The van der Waals surface area contributed by atoms with E-state index in [0.29, 0.717) is 17.2 Å². The molecule has 0 spiro atoms. The fraction of sp³-hybridized carbons (Fsp3) is 0.727. The first-order valence-corrected chi connectivity index (χ1v) is 7.52. The zero-order valence-corrected chi connectivity index (χ0v) is 12.1. The van der Waals surface area contributed by atoms with Gasteiger partial charge in [-0.2, -0.15) is 5.10 Å². The summed E-state index contributed by atoms with van der Waals surface area (Å²) < 4.78 is 27.0. The first-order chi connectivity index (χ1) is 8.27. The Kier molecular flexibility index (Phi) is 4.89. The molecule has 7 heteroatoms. The van der Waals surface area contributed by atoms with Gasteiger partial charge in [0.15, 0.2) is 5.03 Å². The summed E-state index contributed by atoms with van der Waals surface area (Å²) in [6.07, 6.45) is 0.778. The molecule has 1 aromatic heterocycles. The second kappa shape index (κ2) is 5.81. The summed E-state index contributed by atoms with van der Waals surface area (Å²) in [6.45, 7) is 7.85. The normalized spacial score (nSPS) is 14.1. The Labute approximate surface area is 108 Å². The van der Waals surface area contributed by atoms with Crippen LogP contribution in [0.25, 0.3) is 0 Å². The van der Waals surface area contributed by atoms with Crippen molar-refractivity contribution in [3.05, 3.63) is 11.3 Å². The van der Waals surface area contributed by atoms with Gasteiger partial charge >= 0.3 is 0 Å². The number of hydrogen-bond acceptors (Lipinski definition) is 4. The van der Waals surface area contributed by atoms with Gasteiger partial charge in [0.1, 0.15) is 0 Å². The minimum atomic E-state index is -3.60. The molecule has 1 unspecified atom stereocenters. The second-order valence-electron chi connectivity index (χ2n) is 4.99. The fourth-order valence-electron chi connectivity index (χ4n) is 1.97. The smallest absolute Gasteiger partial charge is 0.260 e. The first-order valence-electron chi connectivity index (χ1n) is 6.04. The zero-order valence-electron chi connectivity index (χ0n) is 11.3. The van der Waals surface area contributed by atoms with E-state index in [1.165, 1.54) is 0 Å². The molecule has 1 aromatic rings. The van der Waals surface area contributed by atoms with Gasteiger partial charge in [-0.15, -0.1) is 0 Å². The van der Waals surface area contributed by atoms with Crippen molar-refractivity contribution in [1.29, 1.82) is 0 Å². The molecule has 0 bridgehead atoms. The quantitative estimate of drug-likeness (QED) is 0.717. The number of sulfonamides is 1. The number of aryl methyl sites for hydroxylation is 1. The van der Waals surface area contributed by atoms with E-state index < -0.39 is 10.0 Å². The third-order valence-corrected chi connectivity index (χ3v) is 4.24. The van der Waals surface area contributed by atoms with Crippen molar-refractivity contribution in [2.45, 2.75) is 51.7 Å². The van der Waals surface area contributed by atoms with Gasteiger partial charge in [0.05, 0.1) is 0 Å². The Morgan fingerprint density at radius 3 is 2.50 bits per heavy atom. The first kappa shape index (κ1) is 15.1. The van der Waals surface area contributed by atoms with E-state index in [1.54, 1.807) is 6.92 Å². The standard InChI is InChI=1S/C11H22N4O2S/c1-7(2)5-8(3)15-18(16,17)11-10(6-12)9(4)13-14-11/h7-8,15H,5-6,12H2,1-4H3,(H,13,14). The number of aromatic nitrogens is 2. The Bertz CT molecular complexity index is 493. The number of aromatic amines is 1. The molecular weight excluding hydrogens is 252 g/mol. The molecule has 0 aliphatic carbocycles. The van der Waals surface area contributed by atoms with Crippen LogP contribution in [0.3, 0.4) is 0 Å². The van der Waals surface area contributed by atoms with Gasteiger partial charge in [-0.3, -0.25) is 5.10 Å². The predicted molar refractivity (Wildman–Crippen MR) is 70.5 cm³/mol. The SMILES string of the molecule is Cc1[nH]nc(S(=O)(=O)NC(C)CC(C)C)c1CN. The number of nitrogens with two attached hydrogens (primary N) is 1. The van der Waals surface area contributed by atoms with Gasteiger partial charge in [-0.1, -0.05) is 13.8 Å². The summed E-state index contributed by atoms with van der Waals surface area (Å²) in [5, 5.41) is 6.51. The lowest BCUT2D eigenvalue weighted by Crippen LogP contribution is -2.34. The van der Waals surface area contributed by atoms with E-state index in [1.807, 2.05) is 6.92 Å². The van der Waals surface area contributed by atoms with Gasteiger partial charge in [0.2, 0.25) is 0 Å². The lowest BCUT2D eigenvalue weighted by molar-refractivity contribution is 0.481. The number of nitrogens with one attached hydrogen (secondary N) is 2. The largest absolute Gasteiger partial charge is 0.326 e. The number of H-pyrrole nitrogens is 1. The van der Waals surface area contributed by atoms with Crippen LogP contribution in [0.4, 0.5) is 0 Å². The Hall–Kier alpha value is -0.920. The highest BCUT2D eigenvalue weighted by Crippen LogP contribution is 2.16. The zero-order chi connectivity index (χ0) is 13.9. The highest BCUT2D eigenvalue weighted by atomic mass is 32.2. The summed E-state index contributed by atoms with van der Waals surface area (Å²) in [5.74, 6) is 0.428. The average Bonchev–Trinajstić information content (AvgIpc) is 2.57. The molecule has 0 saturated carbocycles. The lowest BCUT2D eigenvalue weighted by Gasteiger charge is -2.15. The van der Waals surface area contributed by atoms with Gasteiger partial charge in [-0.05, 0) is 26.2 Å². The summed E-state index contributed by atoms with van der Waals surface area (Å²) in [7, 11) is -3.60. The third-order valence-electron chi connectivity index (χ3n) is 2.68. The van der Waals surface area contributed by atoms with E-state index in [-0.39, 0.29) is 17.6 Å². The summed E-state index contributed by atoms with van der Waals surface area (Å²) in [4.78, 5) is 0. The van der Waals surface area contributed by atoms with E-state index >= 15 is 0 Å². The van der Waals surface area contributed by atoms with Crippen molar-refractivity contribution < 1.29 is 8.42 Å². The van der Waals surface area contributed by atoms with Crippen molar-refractivity contribution >= 4 is 10.0 Å². The van der Waals surface area contributed by atoms with Crippen molar-refractivity contribution in [2.24, 2.45) is 11.7 Å².